The molecule has 16 nitrogen and oxygen atoms in total. The Kier molecular flexibility index (Phi) is 12.1. The minimum absolute atomic E-state index is 0.0430. The van der Waals surface area contributed by atoms with E-state index in [1.54, 1.807) is 11.1 Å². The third-order valence-corrected chi connectivity index (χ3v) is 16.0. The summed E-state index contributed by atoms with van der Waals surface area (Å²) in [5.74, 6) is 0.207. The van der Waals surface area contributed by atoms with Crippen LogP contribution in [0.4, 0.5) is 4.79 Å². The lowest BCUT2D eigenvalue weighted by atomic mass is 9.42. The van der Waals surface area contributed by atoms with Crippen molar-refractivity contribution in [2.75, 3.05) is 19.7 Å². The van der Waals surface area contributed by atoms with Crippen LogP contribution >= 0.6 is 0 Å². The van der Waals surface area contributed by atoms with Gasteiger partial charge in [0.1, 0.15) is 18.8 Å². The van der Waals surface area contributed by atoms with Crippen molar-refractivity contribution in [1.29, 1.82) is 0 Å². The molecule has 8 aliphatic rings. The summed E-state index contributed by atoms with van der Waals surface area (Å²) in [5, 5.41) is 48.7. The van der Waals surface area contributed by atoms with Crippen LogP contribution in [0.2, 0.25) is 0 Å². The van der Waals surface area contributed by atoms with Crippen LogP contribution < -0.4 is 11.2 Å². The van der Waals surface area contributed by atoms with E-state index < -0.39 is 78.6 Å². The number of esters is 1. The molecule has 0 spiro atoms. The topological polar surface area (TPSA) is 221 Å². The van der Waals surface area contributed by atoms with Gasteiger partial charge in [-0.15, -0.1) is 0 Å². The minimum atomic E-state index is -1.01. The van der Waals surface area contributed by atoms with Crippen molar-refractivity contribution in [3.05, 3.63) is 11.6 Å². The smallest absolute Gasteiger partial charge is 0.331 e. The summed E-state index contributed by atoms with van der Waals surface area (Å²) in [7, 11) is 0. The number of nitrogens with two attached hydrogens (primary N) is 1. The number of primary amides is 1. The van der Waals surface area contributed by atoms with E-state index in [9.17, 15) is 30.0 Å². The van der Waals surface area contributed by atoms with Gasteiger partial charge in [0.15, 0.2) is 18.9 Å². The van der Waals surface area contributed by atoms with Gasteiger partial charge in [0.05, 0.1) is 48.3 Å². The number of aliphatic hydroxyl groups is 4. The molecular weight excluding hydrogens is 754 g/mol. The van der Waals surface area contributed by atoms with E-state index in [1.807, 2.05) is 27.7 Å². The van der Waals surface area contributed by atoms with Crippen molar-refractivity contribution >= 4 is 12.0 Å². The summed E-state index contributed by atoms with van der Waals surface area (Å²) < 4.78 is 42.8. The number of carbonyl (C=O) groups is 2. The second-order valence-electron chi connectivity index (χ2n) is 19.3. The van der Waals surface area contributed by atoms with E-state index in [1.165, 1.54) is 0 Å². The van der Waals surface area contributed by atoms with E-state index in [4.69, 9.17) is 38.9 Å². The molecule has 3 saturated heterocycles. The molecule has 4 aliphatic carbocycles. The van der Waals surface area contributed by atoms with Gasteiger partial charge >= 0.3 is 12.0 Å². The highest BCUT2D eigenvalue weighted by Gasteiger charge is 2.71. The molecule has 16 heteroatoms. The van der Waals surface area contributed by atoms with Crippen molar-refractivity contribution in [2.45, 2.75) is 185 Å². The highest BCUT2D eigenvalue weighted by atomic mass is 16.7. The normalized spacial score (nSPS) is 51.1. The number of hydrogen-bond donors (Lipinski definition) is 6. The van der Waals surface area contributed by atoms with Crippen molar-refractivity contribution in [1.82, 2.24) is 10.4 Å². The number of nitrogens with zero attached hydrogens (tertiary/aromatic N) is 1. The fourth-order valence-electron chi connectivity index (χ4n) is 13.0. The van der Waals surface area contributed by atoms with Crippen LogP contribution in [0.3, 0.4) is 0 Å². The average molecular weight is 822 g/mol. The van der Waals surface area contributed by atoms with Crippen LogP contribution in [0, 0.1) is 34.5 Å². The Hall–Kier alpha value is -1.96. The maximum Gasteiger partial charge on any atom is 0.331 e. The predicted octanol–water partition coefficient (Wildman–Crippen LogP) is 2.38. The van der Waals surface area contributed by atoms with Gasteiger partial charge in [0, 0.05) is 43.8 Å². The number of rotatable bonds is 8. The van der Waals surface area contributed by atoms with E-state index in [0.717, 1.165) is 44.1 Å². The minimum Gasteiger partial charge on any atom is -0.458 e. The van der Waals surface area contributed by atoms with E-state index in [-0.39, 0.29) is 60.8 Å². The predicted molar refractivity (Wildman–Crippen MR) is 205 cm³/mol. The van der Waals surface area contributed by atoms with Gasteiger partial charge in [-0.05, 0) is 107 Å². The molecule has 4 saturated carbocycles. The summed E-state index contributed by atoms with van der Waals surface area (Å²) in [6.07, 6.45) is 1.66. The molecule has 5 unspecified atom stereocenters. The van der Waals surface area contributed by atoms with Gasteiger partial charge in [-0.2, -0.15) is 0 Å². The molecule has 4 heterocycles. The second kappa shape index (κ2) is 16.4. The van der Waals surface area contributed by atoms with E-state index >= 15 is 0 Å². The fourth-order valence-corrected chi connectivity index (χ4v) is 13.0. The molecule has 19 atom stereocenters. The summed E-state index contributed by atoms with van der Waals surface area (Å²) in [6, 6.07) is -0.644. The third kappa shape index (κ3) is 7.75. The maximum atomic E-state index is 12.6. The van der Waals surface area contributed by atoms with Crippen LogP contribution in [0.1, 0.15) is 105 Å². The zero-order valence-corrected chi connectivity index (χ0v) is 34.7. The van der Waals surface area contributed by atoms with Crippen molar-refractivity contribution < 1.29 is 63.2 Å². The van der Waals surface area contributed by atoms with Gasteiger partial charge in [-0.25, -0.2) is 14.6 Å². The van der Waals surface area contributed by atoms with Crippen LogP contribution in [0.15, 0.2) is 11.6 Å². The Morgan fingerprint density at radius 1 is 0.845 bits per heavy atom. The molecule has 4 aliphatic heterocycles. The Bertz CT molecular complexity index is 1530. The van der Waals surface area contributed by atoms with Gasteiger partial charge < -0.3 is 59.3 Å². The summed E-state index contributed by atoms with van der Waals surface area (Å²) in [4.78, 5) is 23.3. The van der Waals surface area contributed by atoms with Crippen LogP contribution in [-0.2, 0) is 38.0 Å². The molecule has 0 bridgehead atoms. The number of cyclic esters (lactones) is 1. The van der Waals surface area contributed by atoms with Crippen LogP contribution in [0.25, 0.3) is 0 Å². The number of ether oxygens (including phenoxy) is 7. The van der Waals surface area contributed by atoms with Gasteiger partial charge in [0.2, 0.25) is 0 Å². The highest BCUT2D eigenvalue weighted by molar-refractivity contribution is 5.85. The number of nitrogens with one attached hydrogen (secondary N) is 1. The van der Waals surface area contributed by atoms with Gasteiger partial charge in [-0.3, -0.25) is 5.43 Å². The number of carbonyl (C=O) groups excluding carboxylic acids is 2. The Balaban J connectivity index is 0.823. The van der Waals surface area contributed by atoms with Crippen molar-refractivity contribution in [2.24, 2.45) is 40.2 Å². The fraction of sp³-hybridized carbons (Fsp3) is 0.905. The largest absolute Gasteiger partial charge is 0.458 e. The first-order valence-corrected chi connectivity index (χ1v) is 21.9. The molecule has 0 aromatic heterocycles. The number of hydrogen-bond acceptors (Lipinski definition) is 14. The Morgan fingerprint density at radius 2 is 1.52 bits per heavy atom. The van der Waals surface area contributed by atoms with E-state index in [0.29, 0.717) is 38.3 Å². The quantitative estimate of drug-likeness (QED) is 0.153. The first-order valence-electron chi connectivity index (χ1n) is 21.9. The van der Waals surface area contributed by atoms with Gasteiger partial charge in [0.25, 0.3) is 0 Å². The summed E-state index contributed by atoms with van der Waals surface area (Å²) >= 11 is 0. The number of aliphatic hydroxyl groups excluding tert-OH is 3. The first kappa shape index (κ1) is 42.7. The van der Waals surface area contributed by atoms with E-state index in [2.05, 4.69) is 12.3 Å². The average Bonchev–Trinajstić information content (AvgIpc) is 3.64. The molecule has 8 rings (SSSR count). The number of amides is 2. The molecule has 58 heavy (non-hydrogen) atoms. The summed E-state index contributed by atoms with van der Waals surface area (Å²) in [6.45, 7) is 11.1. The standard InChI is InChI=1S/C42H67N3O13/c1-21-19-45(44-39(43)50)13-10-34(53-21)57-37-22(2)55-36(18-31(37)47)58-38-23(3)54-35(17-30(38)46)56-26-8-11-40(4)25(15-26)6-7-28-29(40)16-32(48)41(5)27(9-12-42(28,41)51)24-14-33(49)52-20-24/h14,21-23,25-32,34-38,46-48,51H,6-13,15-20H2,1-5H3,(H3,43,44,50)/t21?,22-,23-,25?,26-,27+,28?,29?,30-,31-,32-,34?,35-,36-,37+,38+,40-,41-,42-/m0/s1. The first-order chi connectivity index (χ1) is 27.5. The zero-order chi connectivity index (χ0) is 41.3. The molecule has 0 radical (unpaired) electrons. The molecule has 7 N–H and O–H groups in total. The molecule has 0 aromatic carbocycles. The monoisotopic (exact) mass is 821 g/mol. The van der Waals surface area contributed by atoms with Crippen LogP contribution in [-0.4, -0.2) is 137 Å². The molecule has 2 amide bonds. The van der Waals surface area contributed by atoms with Crippen molar-refractivity contribution in [3.8, 4) is 0 Å². The summed E-state index contributed by atoms with van der Waals surface area (Å²) in [5.41, 5.74) is 6.98. The third-order valence-electron chi connectivity index (χ3n) is 16.0. The number of fused-ring (bicyclic) bond motifs is 5. The second-order valence-corrected chi connectivity index (χ2v) is 19.3. The zero-order valence-electron chi connectivity index (χ0n) is 34.7. The Labute approximate surface area is 341 Å². The van der Waals surface area contributed by atoms with Gasteiger partial charge in [-0.1, -0.05) is 13.8 Å². The highest BCUT2D eigenvalue weighted by Crippen LogP contribution is 2.70. The van der Waals surface area contributed by atoms with Crippen molar-refractivity contribution in [3.63, 3.8) is 0 Å². The number of urea groups is 1. The lowest BCUT2D eigenvalue weighted by molar-refractivity contribution is -0.329. The number of hydrazine groups is 1. The molecule has 0 aromatic rings. The van der Waals surface area contributed by atoms with Crippen LogP contribution in [0.5, 0.6) is 0 Å². The maximum absolute atomic E-state index is 12.6. The lowest BCUT2D eigenvalue weighted by Crippen LogP contribution is -2.67. The molecular formula is C42H67N3O13. The molecule has 7 fully saturated rings. The Morgan fingerprint density at radius 3 is 2.16 bits per heavy atom. The SMILES string of the molecule is CC1CN(NC(N)=O)CCC(O[C@@H]2[C@H](C)O[C@@H](O[C@@H]3[C@H](C)O[C@@H](O[C@H]4CC[C@@]5(C)C(CCC6C5C[C@H](O)[C@]5(C)[C@@H](C7=CC(=O)OC7)CC[C@]65O)C4)C[C@@H]3O)C[C@@H]2O)O1. The lowest BCUT2D eigenvalue weighted by Gasteiger charge is -2.65. The molecule has 328 valence electrons.